The van der Waals surface area contributed by atoms with Gasteiger partial charge >= 0.3 is 11.9 Å². The van der Waals surface area contributed by atoms with E-state index in [9.17, 15) is 9.59 Å². The zero-order chi connectivity index (χ0) is 14.5. The van der Waals surface area contributed by atoms with Gasteiger partial charge in [-0.3, -0.25) is 4.79 Å². The molecular formula is C15H24O4. The van der Waals surface area contributed by atoms with Crippen LogP contribution in [0.4, 0.5) is 0 Å². The van der Waals surface area contributed by atoms with E-state index in [2.05, 4.69) is 6.92 Å². The first-order valence-electron chi connectivity index (χ1n) is 6.99. The number of unbranched alkanes of at least 4 members (excludes halogenated alkanes) is 3. The molecule has 1 rings (SSSR count). The summed E-state index contributed by atoms with van der Waals surface area (Å²) < 4.78 is 5.06. The first kappa shape index (κ1) is 15.7. The zero-order valence-corrected chi connectivity index (χ0v) is 12.0. The van der Waals surface area contributed by atoms with Gasteiger partial charge in [0.25, 0.3) is 0 Å². The van der Waals surface area contributed by atoms with Gasteiger partial charge in [-0.2, -0.15) is 0 Å². The van der Waals surface area contributed by atoms with Crippen LogP contribution in [0, 0.1) is 17.3 Å². The Morgan fingerprint density at radius 2 is 1.95 bits per heavy atom. The van der Waals surface area contributed by atoms with Gasteiger partial charge in [0.2, 0.25) is 0 Å². The molecule has 1 aliphatic carbocycles. The summed E-state index contributed by atoms with van der Waals surface area (Å²) in [6.07, 6.45) is 7.32. The van der Waals surface area contributed by atoms with Gasteiger partial charge < -0.3 is 9.84 Å². The Labute approximate surface area is 114 Å². The van der Waals surface area contributed by atoms with Crippen molar-refractivity contribution in [1.29, 1.82) is 0 Å². The van der Waals surface area contributed by atoms with Crippen molar-refractivity contribution in [2.45, 2.75) is 46.5 Å². The summed E-state index contributed by atoms with van der Waals surface area (Å²) in [6, 6.07) is 0. The number of allylic oxidation sites excluding steroid dienone is 1. The summed E-state index contributed by atoms with van der Waals surface area (Å²) in [6.45, 7) is 6.37. The number of aliphatic carboxylic acids is 1. The van der Waals surface area contributed by atoms with E-state index < -0.39 is 5.97 Å². The van der Waals surface area contributed by atoms with E-state index in [1.54, 1.807) is 6.08 Å². The van der Waals surface area contributed by atoms with Crippen LogP contribution in [0.2, 0.25) is 0 Å². The third-order valence-corrected chi connectivity index (χ3v) is 3.86. The molecule has 19 heavy (non-hydrogen) atoms. The highest BCUT2D eigenvalue weighted by atomic mass is 16.5. The van der Waals surface area contributed by atoms with Gasteiger partial charge in [-0.15, -0.1) is 0 Å². The quantitative estimate of drug-likeness (QED) is 0.417. The van der Waals surface area contributed by atoms with Crippen molar-refractivity contribution in [3.8, 4) is 0 Å². The number of hydrogen-bond donors (Lipinski definition) is 1. The fourth-order valence-electron chi connectivity index (χ4n) is 2.44. The first-order chi connectivity index (χ1) is 8.91. The van der Waals surface area contributed by atoms with Gasteiger partial charge in [0.1, 0.15) is 0 Å². The van der Waals surface area contributed by atoms with Crippen molar-refractivity contribution in [2.75, 3.05) is 6.61 Å². The number of rotatable bonds is 8. The minimum absolute atomic E-state index is 0.0716. The molecule has 4 nitrogen and oxygen atoms in total. The minimum Gasteiger partial charge on any atom is -0.481 e. The maximum atomic E-state index is 11.4. The Kier molecular flexibility index (Phi) is 5.58. The van der Waals surface area contributed by atoms with Crippen LogP contribution in [0.15, 0.2) is 12.2 Å². The van der Waals surface area contributed by atoms with Crippen molar-refractivity contribution in [1.82, 2.24) is 0 Å². The van der Waals surface area contributed by atoms with Gasteiger partial charge in [0, 0.05) is 6.08 Å². The first-order valence-corrected chi connectivity index (χ1v) is 6.99. The van der Waals surface area contributed by atoms with Gasteiger partial charge in [0.05, 0.1) is 12.5 Å². The van der Waals surface area contributed by atoms with E-state index in [4.69, 9.17) is 9.84 Å². The summed E-state index contributed by atoms with van der Waals surface area (Å²) in [7, 11) is 0. The van der Waals surface area contributed by atoms with E-state index in [1.807, 2.05) is 13.8 Å². The lowest BCUT2D eigenvalue weighted by atomic mass is 10.1. The highest BCUT2D eigenvalue weighted by Gasteiger charge is 2.60. The molecule has 0 spiro atoms. The molecule has 0 amide bonds. The monoisotopic (exact) mass is 268 g/mol. The van der Waals surface area contributed by atoms with E-state index in [0.29, 0.717) is 6.61 Å². The topological polar surface area (TPSA) is 63.6 Å². The molecule has 0 radical (unpaired) electrons. The number of esters is 1. The van der Waals surface area contributed by atoms with Crippen LogP contribution in [0.5, 0.6) is 0 Å². The average molecular weight is 268 g/mol. The summed E-state index contributed by atoms with van der Waals surface area (Å²) in [5.74, 6) is -1.63. The molecule has 1 saturated carbocycles. The molecule has 108 valence electrons. The Balaban J connectivity index is 2.26. The maximum Gasteiger partial charge on any atom is 0.330 e. The highest BCUT2D eigenvalue weighted by Crippen LogP contribution is 2.58. The van der Waals surface area contributed by atoms with Crippen molar-refractivity contribution in [3.63, 3.8) is 0 Å². The van der Waals surface area contributed by atoms with E-state index in [-0.39, 0.29) is 23.2 Å². The van der Waals surface area contributed by atoms with Crippen LogP contribution in [0.3, 0.4) is 0 Å². The van der Waals surface area contributed by atoms with E-state index >= 15 is 0 Å². The molecule has 2 atom stereocenters. The van der Waals surface area contributed by atoms with Crippen LogP contribution < -0.4 is 0 Å². The molecule has 1 fully saturated rings. The summed E-state index contributed by atoms with van der Waals surface area (Å²) in [4.78, 5) is 22.4. The standard InChI is InChI=1S/C15H24O4/c1-4-5-6-7-10-19-12(16)9-8-11-13(14(17)18)15(11,2)3/h8-9,11,13H,4-7,10H2,1-3H3,(H,17,18). The Morgan fingerprint density at radius 3 is 2.47 bits per heavy atom. The lowest BCUT2D eigenvalue weighted by molar-refractivity contribution is -0.140. The lowest BCUT2D eigenvalue weighted by Gasteiger charge is -2.01. The summed E-state index contributed by atoms with van der Waals surface area (Å²) >= 11 is 0. The molecule has 0 saturated heterocycles. The Morgan fingerprint density at radius 1 is 1.26 bits per heavy atom. The average Bonchev–Trinajstić information content (AvgIpc) is 2.88. The number of carboxylic acid groups (broad SMARTS) is 1. The smallest absolute Gasteiger partial charge is 0.330 e. The van der Waals surface area contributed by atoms with E-state index in [1.165, 1.54) is 6.08 Å². The molecule has 1 N–H and O–H groups in total. The van der Waals surface area contributed by atoms with Gasteiger partial charge in [-0.1, -0.05) is 46.1 Å². The molecule has 0 aromatic heterocycles. The number of hydrogen-bond acceptors (Lipinski definition) is 3. The van der Waals surface area contributed by atoms with E-state index in [0.717, 1.165) is 25.7 Å². The molecule has 2 unspecified atom stereocenters. The Hall–Kier alpha value is -1.32. The van der Waals surface area contributed by atoms with Crippen LogP contribution in [-0.4, -0.2) is 23.7 Å². The van der Waals surface area contributed by atoms with Crippen LogP contribution >= 0.6 is 0 Å². The fraction of sp³-hybridized carbons (Fsp3) is 0.733. The molecule has 0 aromatic carbocycles. The molecule has 1 aliphatic rings. The van der Waals surface area contributed by atoms with Crippen molar-refractivity contribution >= 4 is 11.9 Å². The largest absolute Gasteiger partial charge is 0.481 e. The number of carbonyl (C=O) groups excluding carboxylic acids is 1. The van der Waals surface area contributed by atoms with Gasteiger partial charge in [0.15, 0.2) is 0 Å². The third-order valence-electron chi connectivity index (χ3n) is 3.86. The predicted octanol–water partition coefficient (Wildman–Crippen LogP) is 3.02. The second kappa shape index (κ2) is 6.73. The molecular weight excluding hydrogens is 244 g/mol. The van der Waals surface area contributed by atoms with Crippen molar-refractivity contribution in [3.05, 3.63) is 12.2 Å². The summed E-state index contributed by atoms with van der Waals surface area (Å²) in [5.41, 5.74) is -0.260. The highest BCUT2D eigenvalue weighted by molar-refractivity contribution is 5.83. The van der Waals surface area contributed by atoms with Gasteiger partial charge in [-0.05, 0) is 17.8 Å². The van der Waals surface area contributed by atoms with Gasteiger partial charge in [-0.25, -0.2) is 4.79 Å². The second-order valence-corrected chi connectivity index (χ2v) is 5.75. The maximum absolute atomic E-state index is 11.4. The number of ether oxygens (including phenoxy) is 1. The predicted molar refractivity (Wildman–Crippen MR) is 72.6 cm³/mol. The molecule has 0 aliphatic heterocycles. The minimum atomic E-state index is -0.799. The zero-order valence-electron chi connectivity index (χ0n) is 12.0. The molecule has 0 bridgehead atoms. The SMILES string of the molecule is CCCCCCOC(=O)C=CC1C(C(=O)O)C1(C)C. The van der Waals surface area contributed by atoms with Crippen LogP contribution in [-0.2, 0) is 14.3 Å². The second-order valence-electron chi connectivity index (χ2n) is 5.75. The normalized spacial score (nSPS) is 24.4. The lowest BCUT2D eigenvalue weighted by Crippen LogP contribution is -2.03. The molecule has 0 heterocycles. The van der Waals surface area contributed by atoms with Crippen molar-refractivity contribution < 1.29 is 19.4 Å². The molecule has 0 aromatic rings. The Bertz CT molecular complexity index is 357. The number of carbonyl (C=O) groups is 2. The summed E-state index contributed by atoms with van der Waals surface area (Å²) in [5, 5.41) is 9.00. The molecule has 4 heteroatoms. The fourth-order valence-corrected chi connectivity index (χ4v) is 2.44. The van der Waals surface area contributed by atoms with Crippen molar-refractivity contribution in [2.24, 2.45) is 17.3 Å². The van der Waals surface area contributed by atoms with Crippen LogP contribution in [0.25, 0.3) is 0 Å². The number of carboxylic acids is 1. The van der Waals surface area contributed by atoms with Crippen LogP contribution in [0.1, 0.15) is 46.5 Å². The third kappa shape index (κ3) is 4.37.